The van der Waals surface area contributed by atoms with Crippen molar-refractivity contribution in [1.82, 2.24) is 9.59 Å². The molecule has 0 amide bonds. The first-order valence-electron chi connectivity index (χ1n) is 4.01. The number of hydrogen-bond donors (Lipinski definition) is 1. The van der Waals surface area contributed by atoms with Gasteiger partial charge in [-0.3, -0.25) is 0 Å². The summed E-state index contributed by atoms with van der Waals surface area (Å²) in [5.41, 5.74) is 6.00. The Morgan fingerprint density at radius 1 is 1.57 bits per heavy atom. The second-order valence-electron chi connectivity index (χ2n) is 2.86. The Labute approximate surface area is 98.3 Å². The van der Waals surface area contributed by atoms with E-state index in [1.165, 1.54) is 16.4 Å². The summed E-state index contributed by atoms with van der Waals surface area (Å²) < 4.78 is 4.91. The quantitative estimate of drug-likeness (QED) is 0.945. The predicted molar refractivity (Wildman–Crippen MR) is 62.6 cm³/mol. The summed E-state index contributed by atoms with van der Waals surface area (Å²) in [6, 6.07) is 2.11. The van der Waals surface area contributed by atoms with Gasteiger partial charge in [0.1, 0.15) is 0 Å². The molecule has 3 nitrogen and oxygen atoms in total. The fraction of sp³-hybridized carbons (Fsp3) is 0.250. The van der Waals surface area contributed by atoms with E-state index in [2.05, 4.69) is 37.0 Å². The lowest BCUT2D eigenvalue weighted by atomic mass is 10.2. The van der Waals surface area contributed by atoms with Crippen LogP contribution in [0.5, 0.6) is 0 Å². The van der Waals surface area contributed by atoms with Crippen LogP contribution in [0.15, 0.2) is 22.1 Å². The van der Waals surface area contributed by atoms with Gasteiger partial charge in [0.05, 0.1) is 11.1 Å². The minimum Gasteiger partial charge on any atom is -0.323 e. The molecule has 0 aliphatic carbocycles. The number of aromatic nitrogens is 2. The molecule has 0 aliphatic heterocycles. The molecule has 0 fully saturated rings. The zero-order valence-corrected chi connectivity index (χ0v) is 10.4. The normalized spacial score (nSPS) is 13.0. The molecule has 1 atom stereocenters. The number of nitrogens with two attached hydrogens (primary N) is 1. The van der Waals surface area contributed by atoms with E-state index < -0.39 is 0 Å². The Kier molecular flexibility index (Phi) is 3.27. The van der Waals surface area contributed by atoms with Crippen molar-refractivity contribution in [2.24, 2.45) is 5.73 Å². The summed E-state index contributed by atoms with van der Waals surface area (Å²) in [6.07, 6.45) is 2.58. The first-order valence-corrected chi connectivity index (χ1v) is 6.46. The third kappa shape index (κ3) is 2.38. The molecule has 74 valence electrons. The summed E-state index contributed by atoms with van der Waals surface area (Å²) in [6.45, 7) is 0. The van der Waals surface area contributed by atoms with E-state index in [-0.39, 0.29) is 6.04 Å². The second-order valence-corrected chi connectivity index (χ2v) is 5.59. The van der Waals surface area contributed by atoms with Crippen molar-refractivity contribution in [1.29, 1.82) is 0 Å². The number of hydrogen-bond acceptors (Lipinski definition) is 5. The van der Waals surface area contributed by atoms with E-state index in [0.29, 0.717) is 0 Å². The van der Waals surface area contributed by atoms with Gasteiger partial charge in [0, 0.05) is 27.2 Å². The fourth-order valence-corrected chi connectivity index (χ4v) is 3.13. The molecular weight excluding hydrogens is 282 g/mol. The van der Waals surface area contributed by atoms with E-state index in [1.807, 2.05) is 0 Å². The Hall–Kier alpha value is -0.300. The SMILES string of the molecule is NC(Cc1cc(Br)cs1)c1cnns1. The molecule has 0 bridgehead atoms. The Balaban J connectivity index is 2.05. The smallest absolute Gasteiger partial charge is 0.0669 e. The lowest BCUT2D eigenvalue weighted by Crippen LogP contribution is -2.10. The molecule has 14 heavy (non-hydrogen) atoms. The van der Waals surface area contributed by atoms with Crippen LogP contribution in [0, 0.1) is 0 Å². The number of thiophene rings is 1. The zero-order valence-electron chi connectivity index (χ0n) is 7.18. The van der Waals surface area contributed by atoms with Crippen LogP contribution in [0.1, 0.15) is 15.8 Å². The van der Waals surface area contributed by atoms with E-state index >= 15 is 0 Å². The minimum atomic E-state index is 0.0144. The first kappa shape index (κ1) is 10.2. The predicted octanol–water partition coefficient (Wildman–Crippen LogP) is 2.60. The highest BCUT2D eigenvalue weighted by molar-refractivity contribution is 9.10. The standard InChI is InChI=1S/C8H8BrN3S2/c9-5-1-6(13-4-5)2-7(10)8-3-11-12-14-8/h1,3-4,7H,2,10H2. The minimum absolute atomic E-state index is 0.0144. The molecule has 2 N–H and O–H groups in total. The molecule has 0 saturated heterocycles. The van der Waals surface area contributed by atoms with Crippen molar-refractivity contribution in [3.63, 3.8) is 0 Å². The van der Waals surface area contributed by atoms with E-state index in [4.69, 9.17) is 5.73 Å². The van der Waals surface area contributed by atoms with Crippen LogP contribution in [0.25, 0.3) is 0 Å². The molecule has 2 rings (SSSR count). The molecular formula is C8H8BrN3S2. The molecule has 6 heteroatoms. The van der Waals surface area contributed by atoms with Crippen molar-refractivity contribution in [3.8, 4) is 0 Å². The number of rotatable bonds is 3. The van der Waals surface area contributed by atoms with Crippen LogP contribution in [0.2, 0.25) is 0 Å². The summed E-state index contributed by atoms with van der Waals surface area (Å²) in [5.74, 6) is 0. The largest absolute Gasteiger partial charge is 0.323 e. The van der Waals surface area contributed by atoms with Crippen LogP contribution >= 0.6 is 38.8 Å². The number of halogens is 1. The third-order valence-electron chi connectivity index (χ3n) is 1.79. The monoisotopic (exact) mass is 289 g/mol. The summed E-state index contributed by atoms with van der Waals surface area (Å²) in [7, 11) is 0. The van der Waals surface area contributed by atoms with Gasteiger partial charge in [-0.1, -0.05) is 4.49 Å². The Morgan fingerprint density at radius 2 is 2.43 bits per heavy atom. The molecule has 0 aromatic carbocycles. The van der Waals surface area contributed by atoms with Gasteiger partial charge in [-0.05, 0) is 33.5 Å². The highest BCUT2D eigenvalue weighted by Gasteiger charge is 2.10. The van der Waals surface area contributed by atoms with Crippen molar-refractivity contribution in [3.05, 3.63) is 31.9 Å². The maximum Gasteiger partial charge on any atom is 0.0669 e. The van der Waals surface area contributed by atoms with Gasteiger partial charge in [-0.2, -0.15) is 0 Å². The average molecular weight is 290 g/mol. The summed E-state index contributed by atoms with van der Waals surface area (Å²) in [5, 5.41) is 5.84. The van der Waals surface area contributed by atoms with Crippen molar-refractivity contribution < 1.29 is 0 Å². The average Bonchev–Trinajstić information content (AvgIpc) is 2.75. The summed E-state index contributed by atoms with van der Waals surface area (Å²) >= 11 is 6.49. The molecule has 0 spiro atoms. The lowest BCUT2D eigenvalue weighted by molar-refractivity contribution is 0.743. The first-order chi connectivity index (χ1) is 6.75. The second kappa shape index (κ2) is 4.48. The third-order valence-corrected chi connectivity index (χ3v) is 4.30. The summed E-state index contributed by atoms with van der Waals surface area (Å²) in [4.78, 5) is 2.31. The molecule has 2 heterocycles. The van der Waals surface area contributed by atoms with Crippen LogP contribution in [0.4, 0.5) is 0 Å². The zero-order chi connectivity index (χ0) is 9.97. The molecule has 2 aromatic heterocycles. The van der Waals surface area contributed by atoms with Gasteiger partial charge < -0.3 is 5.73 Å². The number of nitrogens with zero attached hydrogens (tertiary/aromatic N) is 2. The van der Waals surface area contributed by atoms with Gasteiger partial charge in [-0.15, -0.1) is 16.4 Å². The molecule has 0 radical (unpaired) electrons. The van der Waals surface area contributed by atoms with Crippen LogP contribution in [-0.4, -0.2) is 9.59 Å². The van der Waals surface area contributed by atoms with Gasteiger partial charge in [0.15, 0.2) is 0 Å². The van der Waals surface area contributed by atoms with E-state index in [9.17, 15) is 0 Å². The Morgan fingerprint density at radius 3 is 3.00 bits per heavy atom. The van der Waals surface area contributed by atoms with E-state index in [0.717, 1.165) is 15.8 Å². The van der Waals surface area contributed by atoms with Crippen molar-refractivity contribution in [2.75, 3.05) is 0 Å². The fourth-order valence-electron chi connectivity index (χ4n) is 1.12. The van der Waals surface area contributed by atoms with Gasteiger partial charge in [-0.25, -0.2) is 0 Å². The molecule has 0 aliphatic rings. The van der Waals surface area contributed by atoms with Crippen LogP contribution in [0.3, 0.4) is 0 Å². The van der Waals surface area contributed by atoms with E-state index in [1.54, 1.807) is 17.5 Å². The van der Waals surface area contributed by atoms with Crippen molar-refractivity contribution in [2.45, 2.75) is 12.5 Å². The maximum absolute atomic E-state index is 6.00. The topological polar surface area (TPSA) is 51.8 Å². The van der Waals surface area contributed by atoms with Crippen molar-refractivity contribution >= 4 is 38.8 Å². The highest BCUT2D eigenvalue weighted by Crippen LogP contribution is 2.25. The van der Waals surface area contributed by atoms with Gasteiger partial charge in [0.25, 0.3) is 0 Å². The van der Waals surface area contributed by atoms with Crippen LogP contribution in [-0.2, 0) is 6.42 Å². The maximum atomic E-state index is 6.00. The highest BCUT2D eigenvalue weighted by atomic mass is 79.9. The lowest BCUT2D eigenvalue weighted by Gasteiger charge is -2.05. The van der Waals surface area contributed by atoms with Gasteiger partial charge in [0.2, 0.25) is 0 Å². The molecule has 1 unspecified atom stereocenters. The van der Waals surface area contributed by atoms with Crippen LogP contribution < -0.4 is 5.73 Å². The molecule has 0 saturated carbocycles. The molecule has 2 aromatic rings. The Bertz CT molecular complexity index is 398. The van der Waals surface area contributed by atoms with Gasteiger partial charge >= 0.3 is 0 Å².